The second-order valence-corrected chi connectivity index (χ2v) is 6.10. The highest BCUT2D eigenvalue weighted by atomic mass is 16.5. The fourth-order valence-corrected chi connectivity index (χ4v) is 2.70. The van der Waals surface area contributed by atoms with E-state index in [1.807, 2.05) is 45.0 Å². The number of amides is 1. The number of hydrogen-bond acceptors (Lipinski definition) is 4. The van der Waals surface area contributed by atoms with E-state index in [0.29, 0.717) is 12.1 Å². The summed E-state index contributed by atoms with van der Waals surface area (Å²) in [6.07, 6.45) is 0. The molecule has 3 rings (SSSR count). The molecule has 1 aromatic heterocycles. The van der Waals surface area contributed by atoms with Crippen LogP contribution in [0, 0.1) is 20.8 Å². The van der Waals surface area contributed by atoms with Gasteiger partial charge in [0, 0.05) is 17.7 Å². The van der Waals surface area contributed by atoms with Crippen molar-refractivity contribution in [1.82, 2.24) is 15.3 Å². The van der Waals surface area contributed by atoms with Crippen molar-refractivity contribution in [2.75, 3.05) is 7.11 Å². The molecule has 0 atom stereocenters. The van der Waals surface area contributed by atoms with Crippen LogP contribution in [-0.4, -0.2) is 23.0 Å². The summed E-state index contributed by atoms with van der Waals surface area (Å²) in [4.78, 5) is 21.5. The van der Waals surface area contributed by atoms with Crippen LogP contribution < -0.4 is 10.1 Å². The Kier molecular flexibility index (Phi) is 4.65. The molecule has 5 nitrogen and oxygen atoms in total. The Balaban J connectivity index is 1.81. The van der Waals surface area contributed by atoms with Crippen LogP contribution in [0.25, 0.3) is 11.0 Å². The van der Waals surface area contributed by atoms with Gasteiger partial charge in [-0.05, 0) is 45.0 Å². The molecule has 0 aliphatic carbocycles. The highest BCUT2D eigenvalue weighted by Gasteiger charge is 2.10. The van der Waals surface area contributed by atoms with Gasteiger partial charge in [0.1, 0.15) is 5.75 Å². The van der Waals surface area contributed by atoms with Crippen molar-refractivity contribution < 1.29 is 9.53 Å². The molecule has 0 aliphatic heterocycles. The highest BCUT2D eigenvalue weighted by molar-refractivity contribution is 5.97. The molecule has 0 unspecified atom stereocenters. The smallest absolute Gasteiger partial charge is 0.251 e. The molecule has 3 aromatic rings. The van der Waals surface area contributed by atoms with E-state index in [2.05, 4.69) is 15.3 Å². The summed E-state index contributed by atoms with van der Waals surface area (Å²) >= 11 is 0. The molecule has 128 valence electrons. The molecule has 0 spiro atoms. The molecule has 0 saturated carbocycles. The molecular formula is C20H21N3O2. The lowest BCUT2D eigenvalue weighted by Gasteiger charge is -2.11. The Morgan fingerprint density at radius 1 is 1.00 bits per heavy atom. The lowest BCUT2D eigenvalue weighted by molar-refractivity contribution is 0.0951. The number of fused-ring (bicyclic) bond motifs is 1. The first kappa shape index (κ1) is 16.9. The summed E-state index contributed by atoms with van der Waals surface area (Å²) in [7, 11) is 1.63. The molecule has 1 N–H and O–H groups in total. The van der Waals surface area contributed by atoms with Gasteiger partial charge < -0.3 is 10.1 Å². The number of benzene rings is 2. The van der Waals surface area contributed by atoms with E-state index in [9.17, 15) is 4.79 Å². The van der Waals surface area contributed by atoms with Crippen molar-refractivity contribution in [2.24, 2.45) is 0 Å². The molecular weight excluding hydrogens is 314 g/mol. The number of carbonyl (C=O) groups is 1. The lowest BCUT2D eigenvalue weighted by Crippen LogP contribution is -2.23. The minimum Gasteiger partial charge on any atom is -0.496 e. The first-order valence-electron chi connectivity index (χ1n) is 8.14. The quantitative estimate of drug-likeness (QED) is 0.793. The van der Waals surface area contributed by atoms with E-state index in [0.717, 1.165) is 39.3 Å². The van der Waals surface area contributed by atoms with Crippen molar-refractivity contribution in [2.45, 2.75) is 27.3 Å². The summed E-state index contributed by atoms with van der Waals surface area (Å²) in [5.41, 5.74) is 5.92. The molecule has 0 aliphatic rings. The predicted molar refractivity (Wildman–Crippen MR) is 97.9 cm³/mol. The van der Waals surface area contributed by atoms with Gasteiger partial charge in [0.25, 0.3) is 5.91 Å². The van der Waals surface area contributed by atoms with Crippen LogP contribution in [0.15, 0.2) is 36.4 Å². The van der Waals surface area contributed by atoms with Crippen LogP contribution >= 0.6 is 0 Å². The van der Waals surface area contributed by atoms with E-state index in [4.69, 9.17) is 4.74 Å². The van der Waals surface area contributed by atoms with Crippen molar-refractivity contribution >= 4 is 16.9 Å². The zero-order valence-electron chi connectivity index (χ0n) is 14.9. The van der Waals surface area contributed by atoms with E-state index in [1.54, 1.807) is 19.2 Å². The maximum atomic E-state index is 12.5. The largest absolute Gasteiger partial charge is 0.496 e. The van der Waals surface area contributed by atoms with Gasteiger partial charge in [0.15, 0.2) is 0 Å². The molecule has 1 amide bonds. The third-order valence-electron chi connectivity index (χ3n) is 4.21. The number of carbonyl (C=O) groups excluding carboxylic acids is 1. The number of ether oxygens (including phenoxy) is 1. The Bertz CT molecular complexity index is 951. The number of methoxy groups -OCH3 is 1. The minimum absolute atomic E-state index is 0.148. The second kappa shape index (κ2) is 6.89. The van der Waals surface area contributed by atoms with Gasteiger partial charge in [-0.1, -0.05) is 17.7 Å². The van der Waals surface area contributed by atoms with Crippen LogP contribution in [0.2, 0.25) is 0 Å². The number of nitrogens with one attached hydrogen (secondary N) is 1. The first-order valence-corrected chi connectivity index (χ1v) is 8.14. The first-order chi connectivity index (χ1) is 12.0. The average Bonchev–Trinajstić information content (AvgIpc) is 2.60. The maximum absolute atomic E-state index is 12.5. The summed E-state index contributed by atoms with van der Waals surface area (Å²) < 4.78 is 5.35. The summed E-state index contributed by atoms with van der Waals surface area (Å²) in [5, 5.41) is 2.94. The third kappa shape index (κ3) is 3.60. The SMILES string of the molecule is COc1ccc(C)cc1CNC(=O)c1ccc2nc(C)c(C)nc2c1. The fraction of sp³-hybridized carbons (Fsp3) is 0.250. The fourth-order valence-electron chi connectivity index (χ4n) is 2.70. The Hall–Kier alpha value is -2.95. The number of aryl methyl sites for hydroxylation is 3. The molecule has 0 radical (unpaired) electrons. The van der Waals surface area contributed by atoms with Gasteiger partial charge in [-0.15, -0.1) is 0 Å². The summed E-state index contributed by atoms with van der Waals surface area (Å²) in [5.74, 6) is 0.617. The second-order valence-electron chi connectivity index (χ2n) is 6.10. The summed E-state index contributed by atoms with van der Waals surface area (Å²) in [6, 6.07) is 11.3. The van der Waals surface area contributed by atoms with Crippen LogP contribution in [0.1, 0.15) is 32.9 Å². The highest BCUT2D eigenvalue weighted by Crippen LogP contribution is 2.20. The molecule has 2 aromatic carbocycles. The Labute approximate surface area is 147 Å². The zero-order valence-corrected chi connectivity index (χ0v) is 14.9. The van der Waals surface area contributed by atoms with Crippen LogP contribution in [0.4, 0.5) is 0 Å². The normalized spacial score (nSPS) is 10.7. The molecule has 5 heteroatoms. The van der Waals surface area contributed by atoms with Crippen LogP contribution in [0.3, 0.4) is 0 Å². The number of nitrogens with zero attached hydrogens (tertiary/aromatic N) is 2. The van der Waals surface area contributed by atoms with Gasteiger partial charge >= 0.3 is 0 Å². The molecule has 1 heterocycles. The van der Waals surface area contributed by atoms with Gasteiger partial charge in [0.2, 0.25) is 0 Å². The van der Waals surface area contributed by atoms with E-state index in [-0.39, 0.29) is 5.91 Å². The number of hydrogen-bond donors (Lipinski definition) is 1. The van der Waals surface area contributed by atoms with Gasteiger partial charge in [-0.2, -0.15) is 0 Å². The topological polar surface area (TPSA) is 64.1 Å². The van der Waals surface area contributed by atoms with Crippen molar-refractivity contribution in [1.29, 1.82) is 0 Å². The van der Waals surface area contributed by atoms with Crippen LogP contribution in [-0.2, 0) is 6.54 Å². The average molecular weight is 335 g/mol. The molecule has 0 bridgehead atoms. The van der Waals surface area contributed by atoms with Crippen molar-refractivity contribution in [3.05, 3.63) is 64.5 Å². The number of aromatic nitrogens is 2. The van der Waals surface area contributed by atoms with E-state index < -0.39 is 0 Å². The predicted octanol–water partition coefficient (Wildman–Crippen LogP) is 3.49. The Morgan fingerprint density at radius 2 is 1.72 bits per heavy atom. The zero-order chi connectivity index (χ0) is 18.0. The van der Waals surface area contributed by atoms with E-state index in [1.165, 1.54) is 0 Å². The third-order valence-corrected chi connectivity index (χ3v) is 4.21. The van der Waals surface area contributed by atoms with Gasteiger partial charge in [-0.3, -0.25) is 4.79 Å². The maximum Gasteiger partial charge on any atom is 0.251 e. The number of rotatable bonds is 4. The van der Waals surface area contributed by atoms with E-state index >= 15 is 0 Å². The molecule has 25 heavy (non-hydrogen) atoms. The lowest BCUT2D eigenvalue weighted by atomic mass is 10.1. The molecule has 0 fully saturated rings. The van der Waals surface area contributed by atoms with Crippen LogP contribution in [0.5, 0.6) is 5.75 Å². The summed E-state index contributed by atoms with van der Waals surface area (Å²) in [6.45, 7) is 6.26. The van der Waals surface area contributed by atoms with Gasteiger partial charge in [-0.25, -0.2) is 9.97 Å². The van der Waals surface area contributed by atoms with Gasteiger partial charge in [0.05, 0.1) is 29.5 Å². The standard InChI is InChI=1S/C20H21N3O2/c1-12-5-8-19(25-4)16(9-12)11-21-20(24)15-6-7-17-18(10-15)23-14(3)13(2)22-17/h5-10H,11H2,1-4H3,(H,21,24). The van der Waals surface area contributed by atoms with Crippen molar-refractivity contribution in [3.63, 3.8) is 0 Å². The molecule has 0 saturated heterocycles. The minimum atomic E-state index is -0.148. The Morgan fingerprint density at radius 3 is 2.44 bits per heavy atom. The van der Waals surface area contributed by atoms with Crippen molar-refractivity contribution in [3.8, 4) is 5.75 Å². The monoisotopic (exact) mass is 335 g/mol.